The molecule has 1 N–H and O–H groups in total. The summed E-state index contributed by atoms with van der Waals surface area (Å²) in [6.07, 6.45) is 4.30. The van der Waals surface area contributed by atoms with E-state index in [1.807, 2.05) is 45.0 Å². The number of nitrogens with zero attached hydrogens (tertiary/aromatic N) is 2. The second kappa shape index (κ2) is 14.6. The van der Waals surface area contributed by atoms with E-state index in [1.165, 1.54) is 37.3 Å². The number of methoxy groups -OCH3 is 2. The second-order valence-corrected chi connectivity index (χ2v) is 13.1. The maximum Gasteiger partial charge on any atom is 0.264 e. The summed E-state index contributed by atoms with van der Waals surface area (Å²) in [5.74, 6) is -0.0854. The molecule has 4 rings (SSSR count). The number of hydrogen-bond acceptors (Lipinski definition) is 6. The highest BCUT2D eigenvalue weighted by Gasteiger charge is 2.36. The highest BCUT2D eigenvalue weighted by molar-refractivity contribution is 7.92. The summed E-state index contributed by atoms with van der Waals surface area (Å²) in [6, 6.07) is 18.2. The number of aryl methyl sites for hydroxylation is 2. The van der Waals surface area contributed by atoms with Crippen LogP contribution in [0.25, 0.3) is 0 Å². The fourth-order valence-corrected chi connectivity index (χ4v) is 7.02. The van der Waals surface area contributed by atoms with Gasteiger partial charge < -0.3 is 19.7 Å². The van der Waals surface area contributed by atoms with Crippen molar-refractivity contribution in [2.45, 2.75) is 76.4 Å². The minimum absolute atomic E-state index is 0.0252. The van der Waals surface area contributed by atoms with Gasteiger partial charge in [-0.15, -0.1) is 0 Å². The molecule has 44 heavy (non-hydrogen) atoms. The van der Waals surface area contributed by atoms with E-state index >= 15 is 0 Å². The molecule has 0 aliphatic heterocycles. The van der Waals surface area contributed by atoms with Gasteiger partial charge in [-0.1, -0.05) is 61.7 Å². The SMILES string of the molecule is CCC(C(=O)NC1CCCC1)N(Cc1ccccc1C)C(=O)CN(c1cc(OC)ccc1OC)S(=O)(=O)c1ccc(C)cc1. The van der Waals surface area contributed by atoms with Gasteiger partial charge in [0.15, 0.2) is 0 Å². The zero-order valence-electron chi connectivity index (χ0n) is 26.2. The Labute approximate surface area is 261 Å². The topological polar surface area (TPSA) is 105 Å². The number of amides is 2. The van der Waals surface area contributed by atoms with Gasteiger partial charge in [-0.2, -0.15) is 0 Å². The van der Waals surface area contributed by atoms with Gasteiger partial charge in [-0.3, -0.25) is 13.9 Å². The van der Waals surface area contributed by atoms with Crippen molar-refractivity contribution >= 4 is 27.5 Å². The lowest BCUT2D eigenvalue weighted by molar-refractivity contribution is -0.140. The van der Waals surface area contributed by atoms with E-state index in [0.29, 0.717) is 12.2 Å². The normalized spacial score (nSPS) is 14.1. The molecule has 1 atom stereocenters. The zero-order chi connectivity index (χ0) is 31.9. The first kappa shape index (κ1) is 32.9. The Balaban J connectivity index is 1.79. The molecule has 1 unspecified atom stereocenters. The number of nitrogens with one attached hydrogen (secondary N) is 1. The quantitative estimate of drug-likeness (QED) is 0.275. The van der Waals surface area contributed by atoms with E-state index in [0.717, 1.165) is 46.7 Å². The molecule has 0 saturated heterocycles. The molecular formula is C34H43N3O6S. The second-order valence-electron chi connectivity index (χ2n) is 11.2. The molecule has 0 spiro atoms. The first-order valence-corrected chi connectivity index (χ1v) is 16.5. The third-order valence-corrected chi connectivity index (χ3v) is 10.0. The molecule has 0 aromatic heterocycles. The Hall–Kier alpha value is -4.05. The van der Waals surface area contributed by atoms with E-state index in [4.69, 9.17) is 9.47 Å². The summed E-state index contributed by atoms with van der Waals surface area (Å²) in [5.41, 5.74) is 2.89. The van der Waals surface area contributed by atoms with Crippen LogP contribution in [0.1, 0.15) is 55.7 Å². The molecule has 10 heteroatoms. The van der Waals surface area contributed by atoms with Crippen LogP contribution in [0.15, 0.2) is 71.6 Å². The van der Waals surface area contributed by atoms with Gasteiger partial charge >= 0.3 is 0 Å². The lowest BCUT2D eigenvalue weighted by atomic mass is 10.1. The smallest absolute Gasteiger partial charge is 0.264 e. The highest BCUT2D eigenvalue weighted by atomic mass is 32.2. The van der Waals surface area contributed by atoms with Gasteiger partial charge in [-0.25, -0.2) is 8.42 Å². The van der Waals surface area contributed by atoms with Gasteiger partial charge in [0.05, 0.1) is 24.8 Å². The molecule has 3 aromatic rings. The Bertz CT molecular complexity index is 1550. The zero-order valence-corrected chi connectivity index (χ0v) is 27.0. The van der Waals surface area contributed by atoms with Crippen LogP contribution < -0.4 is 19.1 Å². The summed E-state index contributed by atoms with van der Waals surface area (Å²) in [4.78, 5) is 29.6. The highest BCUT2D eigenvalue weighted by Crippen LogP contribution is 2.36. The molecule has 1 fully saturated rings. The van der Waals surface area contributed by atoms with Crippen molar-refractivity contribution in [3.8, 4) is 11.5 Å². The number of rotatable bonds is 13. The summed E-state index contributed by atoms with van der Waals surface area (Å²) < 4.78 is 40.5. The first-order chi connectivity index (χ1) is 21.1. The van der Waals surface area contributed by atoms with E-state index in [1.54, 1.807) is 24.3 Å². The standard InChI is InChI=1S/C34H43N3O6S/c1-6-30(34(39)35-27-13-9-10-14-27)36(22-26-12-8-7-11-25(26)3)33(38)23-37(31-21-28(42-4)17-20-32(31)43-5)44(40,41)29-18-15-24(2)16-19-29/h7-8,11-12,15-21,27,30H,6,9-10,13-14,22-23H2,1-5H3,(H,35,39). The Kier molecular flexibility index (Phi) is 10.9. The molecular weight excluding hydrogens is 578 g/mol. The predicted molar refractivity (Wildman–Crippen MR) is 171 cm³/mol. The number of ether oxygens (including phenoxy) is 2. The van der Waals surface area contributed by atoms with Crippen LogP contribution >= 0.6 is 0 Å². The summed E-state index contributed by atoms with van der Waals surface area (Å²) >= 11 is 0. The number of carbonyl (C=O) groups is 2. The average Bonchev–Trinajstić information content (AvgIpc) is 3.53. The van der Waals surface area contributed by atoms with Crippen molar-refractivity contribution < 1.29 is 27.5 Å². The third-order valence-electron chi connectivity index (χ3n) is 8.23. The van der Waals surface area contributed by atoms with Crippen molar-refractivity contribution in [2.75, 3.05) is 25.1 Å². The first-order valence-electron chi connectivity index (χ1n) is 15.0. The maximum atomic E-state index is 14.4. The number of anilines is 1. The van der Waals surface area contributed by atoms with Gasteiger partial charge in [0.1, 0.15) is 24.1 Å². The van der Waals surface area contributed by atoms with E-state index in [9.17, 15) is 18.0 Å². The van der Waals surface area contributed by atoms with Crippen LogP contribution in [-0.2, 0) is 26.2 Å². The fourth-order valence-electron chi connectivity index (χ4n) is 5.60. The van der Waals surface area contributed by atoms with Crippen LogP contribution in [0.2, 0.25) is 0 Å². The number of benzene rings is 3. The van der Waals surface area contributed by atoms with Gasteiger partial charge in [-0.05, 0) is 68.5 Å². The molecule has 1 aliphatic carbocycles. The van der Waals surface area contributed by atoms with Crippen LogP contribution in [0.5, 0.6) is 11.5 Å². The molecule has 236 valence electrons. The van der Waals surface area contributed by atoms with Crippen LogP contribution in [0.3, 0.4) is 0 Å². The number of carbonyl (C=O) groups excluding carboxylic acids is 2. The lowest BCUT2D eigenvalue weighted by Crippen LogP contribution is -2.53. The lowest BCUT2D eigenvalue weighted by Gasteiger charge is -2.34. The van der Waals surface area contributed by atoms with E-state index in [-0.39, 0.29) is 34.8 Å². The average molecular weight is 622 g/mol. The van der Waals surface area contributed by atoms with Gasteiger partial charge in [0.2, 0.25) is 11.8 Å². The molecule has 9 nitrogen and oxygen atoms in total. The monoisotopic (exact) mass is 621 g/mol. The molecule has 0 radical (unpaired) electrons. The van der Waals surface area contributed by atoms with Crippen LogP contribution in [0, 0.1) is 13.8 Å². The fraction of sp³-hybridized carbons (Fsp3) is 0.412. The van der Waals surface area contributed by atoms with Crippen molar-refractivity contribution in [2.24, 2.45) is 0 Å². The van der Waals surface area contributed by atoms with Crippen molar-refractivity contribution in [3.05, 3.63) is 83.4 Å². The molecule has 0 bridgehead atoms. The molecule has 3 aromatic carbocycles. The molecule has 0 heterocycles. The van der Waals surface area contributed by atoms with Gasteiger partial charge in [0, 0.05) is 18.7 Å². The third kappa shape index (κ3) is 7.53. The van der Waals surface area contributed by atoms with Crippen molar-refractivity contribution in [1.82, 2.24) is 10.2 Å². The molecule has 1 saturated carbocycles. The van der Waals surface area contributed by atoms with Crippen LogP contribution in [-0.4, -0.2) is 58.0 Å². The molecule has 1 aliphatic rings. The Morgan fingerprint density at radius 1 is 0.955 bits per heavy atom. The summed E-state index contributed by atoms with van der Waals surface area (Å²) in [6.45, 7) is 5.28. The Morgan fingerprint density at radius 2 is 1.64 bits per heavy atom. The minimum Gasteiger partial charge on any atom is -0.497 e. The van der Waals surface area contributed by atoms with Crippen molar-refractivity contribution in [3.63, 3.8) is 0 Å². The van der Waals surface area contributed by atoms with E-state index in [2.05, 4.69) is 5.32 Å². The number of hydrogen-bond donors (Lipinski definition) is 1. The maximum absolute atomic E-state index is 14.4. The summed E-state index contributed by atoms with van der Waals surface area (Å²) in [7, 11) is -1.34. The minimum atomic E-state index is -4.26. The van der Waals surface area contributed by atoms with Crippen LogP contribution in [0.4, 0.5) is 5.69 Å². The predicted octanol–water partition coefficient (Wildman–Crippen LogP) is 5.38. The van der Waals surface area contributed by atoms with Crippen molar-refractivity contribution in [1.29, 1.82) is 0 Å². The molecule has 2 amide bonds. The van der Waals surface area contributed by atoms with E-state index < -0.39 is 28.5 Å². The van der Waals surface area contributed by atoms with Gasteiger partial charge in [0.25, 0.3) is 10.0 Å². The Morgan fingerprint density at radius 3 is 2.25 bits per heavy atom. The largest absolute Gasteiger partial charge is 0.497 e. The number of sulfonamides is 1. The summed E-state index contributed by atoms with van der Waals surface area (Å²) in [5, 5.41) is 3.14.